The lowest BCUT2D eigenvalue weighted by molar-refractivity contribution is -0.169. The fourth-order valence-corrected chi connectivity index (χ4v) is 2.96. The van der Waals surface area contributed by atoms with Gasteiger partial charge in [-0.25, -0.2) is 0 Å². The first-order valence-electron chi connectivity index (χ1n) is 10.9. The fraction of sp³-hybridized carbons (Fsp3) is 1.00. The Bertz CT molecular complexity index is 269. The van der Waals surface area contributed by atoms with Crippen LogP contribution < -0.4 is 0 Å². The normalized spacial score (nSPS) is 17.7. The van der Waals surface area contributed by atoms with Crippen molar-refractivity contribution in [1.82, 2.24) is 0 Å². The lowest BCUT2D eigenvalue weighted by Gasteiger charge is -2.22. The van der Waals surface area contributed by atoms with Crippen LogP contribution in [0.4, 0.5) is 0 Å². The predicted molar refractivity (Wildman–Crippen MR) is 105 cm³/mol. The van der Waals surface area contributed by atoms with E-state index in [4.69, 9.17) is 23.7 Å². The molecule has 156 valence electrons. The van der Waals surface area contributed by atoms with Crippen LogP contribution >= 0.6 is 0 Å². The molecule has 1 aliphatic rings. The highest BCUT2D eigenvalue weighted by molar-refractivity contribution is 4.53. The SMILES string of the molecule is CCCCCCCCCCOCCOCCOCCOC1CCCCO1. The molecule has 0 N–H and O–H groups in total. The minimum atomic E-state index is -0.0261. The highest BCUT2D eigenvalue weighted by Gasteiger charge is 2.13. The van der Waals surface area contributed by atoms with Crippen molar-refractivity contribution in [3.63, 3.8) is 0 Å². The molecule has 0 aromatic heterocycles. The first-order chi connectivity index (χ1) is 12.9. The molecule has 0 aromatic rings. The van der Waals surface area contributed by atoms with Crippen LogP contribution in [0.2, 0.25) is 0 Å². The Hall–Kier alpha value is -0.200. The van der Waals surface area contributed by atoms with E-state index in [0.29, 0.717) is 39.6 Å². The Balaban J connectivity index is 1.65. The van der Waals surface area contributed by atoms with Crippen LogP contribution in [0.15, 0.2) is 0 Å². The molecular formula is C21H42O5. The molecule has 1 saturated heterocycles. The minimum absolute atomic E-state index is 0.0261. The van der Waals surface area contributed by atoms with Gasteiger partial charge in [0.05, 0.1) is 39.6 Å². The zero-order valence-electron chi connectivity index (χ0n) is 17.1. The summed E-state index contributed by atoms with van der Waals surface area (Å²) in [6.45, 7) is 7.66. The quantitative estimate of drug-likeness (QED) is 0.306. The van der Waals surface area contributed by atoms with Gasteiger partial charge >= 0.3 is 0 Å². The third-order valence-electron chi connectivity index (χ3n) is 4.56. The smallest absolute Gasteiger partial charge is 0.157 e. The van der Waals surface area contributed by atoms with E-state index in [1.54, 1.807) is 0 Å². The average molecular weight is 375 g/mol. The summed E-state index contributed by atoms with van der Waals surface area (Å²) < 4.78 is 27.7. The van der Waals surface area contributed by atoms with Gasteiger partial charge in [0.15, 0.2) is 6.29 Å². The third-order valence-corrected chi connectivity index (χ3v) is 4.56. The van der Waals surface area contributed by atoms with Crippen molar-refractivity contribution < 1.29 is 23.7 Å². The van der Waals surface area contributed by atoms with E-state index in [1.165, 1.54) is 57.8 Å². The van der Waals surface area contributed by atoms with Crippen LogP contribution in [0.25, 0.3) is 0 Å². The molecule has 1 heterocycles. The Morgan fingerprint density at radius 2 is 1.23 bits per heavy atom. The van der Waals surface area contributed by atoms with Crippen LogP contribution in [0, 0.1) is 0 Å². The molecule has 5 nitrogen and oxygen atoms in total. The Kier molecular flexibility index (Phi) is 17.9. The predicted octanol–water partition coefficient (Wildman–Crippen LogP) is 4.72. The summed E-state index contributed by atoms with van der Waals surface area (Å²) in [4.78, 5) is 0. The summed E-state index contributed by atoms with van der Waals surface area (Å²) in [5, 5.41) is 0. The van der Waals surface area contributed by atoms with Crippen LogP contribution in [0.1, 0.15) is 77.6 Å². The number of rotatable bonds is 19. The van der Waals surface area contributed by atoms with E-state index in [1.807, 2.05) is 0 Å². The topological polar surface area (TPSA) is 46.2 Å². The number of hydrogen-bond donors (Lipinski definition) is 0. The molecule has 0 amide bonds. The maximum atomic E-state index is 5.60. The highest BCUT2D eigenvalue weighted by atomic mass is 16.7. The molecule has 0 aliphatic carbocycles. The first kappa shape index (κ1) is 23.8. The van der Waals surface area contributed by atoms with E-state index < -0.39 is 0 Å². The largest absolute Gasteiger partial charge is 0.379 e. The summed E-state index contributed by atoms with van der Waals surface area (Å²) in [6, 6.07) is 0. The molecule has 26 heavy (non-hydrogen) atoms. The van der Waals surface area contributed by atoms with Gasteiger partial charge in [0.1, 0.15) is 0 Å². The number of hydrogen-bond acceptors (Lipinski definition) is 5. The van der Waals surface area contributed by atoms with Gasteiger partial charge in [0.25, 0.3) is 0 Å². The van der Waals surface area contributed by atoms with Crippen molar-refractivity contribution in [3.8, 4) is 0 Å². The van der Waals surface area contributed by atoms with Crippen molar-refractivity contribution in [1.29, 1.82) is 0 Å². The van der Waals surface area contributed by atoms with Crippen molar-refractivity contribution >= 4 is 0 Å². The number of ether oxygens (including phenoxy) is 5. The Morgan fingerprint density at radius 3 is 1.85 bits per heavy atom. The second kappa shape index (κ2) is 19.6. The zero-order chi connectivity index (χ0) is 18.5. The van der Waals surface area contributed by atoms with Gasteiger partial charge in [0.2, 0.25) is 0 Å². The Labute approximate surface area is 161 Å². The average Bonchev–Trinajstić information content (AvgIpc) is 2.68. The van der Waals surface area contributed by atoms with Crippen molar-refractivity contribution in [2.75, 3.05) is 52.9 Å². The van der Waals surface area contributed by atoms with E-state index in [9.17, 15) is 0 Å². The van der Waals surface area contributed by atoms with E-state index >= 15 is 0 Å². The summed E-state index contributed by atoms with van der Waals surface area (Å²) >= 11 is 0. The van der Waals surface area contributed by atoms with Gasteiger partial charge in [0, 0.05) is 13.2 Å². The first-order valence-corrected chi connectivity index (χ1v) is 10.9. The van der Waals surface area contributed by atoms with Crippen LogP contribution in [0.3, 0.4) is 0 Å². The summed E-state index contributed by atoms with van der Waals surface area (Å²) in [5.74, 6) is 0. The molecule has 5 heteroatoms. The third kappa shape index (κ3) is 16.0. The lowest BCUT2D eigenvalue weighted by atomic mass is 10.1. The molecule has 1 atom stereocenters. The van der Waals surface area contributed by atoms with E-state index in [-0.39, 0.29) is 6.29 Å². The lowest BCUT2D eigenvalue weighted by Crippen LogP contribution is -2.24. The van der Waals surface area contributed by atoms with Crippen molar-refractivity contribution in [2.45, 2.75) is 83.8 Å². The molecule has 0 spiro atoms. The number of unbranched alkanes of at least 4 members (excludes halogenated alkanes) is 7. The van der Waals surface area contributed by atoms with Crippen LogP contribution in [-0.4, -0.2) is 59.1 Å². The maximum Gasteiger partial charge on any atom is 0.157 e. The molecule has 1 unspecified atom stereocenters. The highest BCUT2D eigenvalue weighted by Crippen LogP contribution is 2.13. The van der Waals surface area contributed by atoms with E-state index in [0.717, 1.165) is 26.1 Å². The summed E-state index contributed by atoms with van der Waals surface area (Å²) in [5.41, 5.74) is 0. The van der Waals surface area contributed by atoms with Gasteiger partial charge in [-0.05, 0) is 25.7 Å². The summed E-state index contributed by atoms with van der Waals surface area (Å²) in [6.07, 6.45) is 14.0. The minimum Gasteiger partial charge on any atom is -0.379 e. The molecule has 0 saturated carbocycles. The molecule has 1 fully saturated rings. The Morgan fingerprint density at radius 1 is 0.654 bits per heavy atom. The fourth-order valence-electron chi connectivity index (χ4n) is 2.96. The zero-order valence-corrected chi connectivity index (χ0v) is 17.1. The molecule has 0 bridgehead atoms. The van der Waals surface area contributed by atoms with Crippen molar-refractivity contribution in [2.24, 2.45) is 0 Å². The maximum absolute atomic E-state index is 5.60. The van der Waals surface area contributed by atoms with Gasteiger partial charge in [-0.15, -0.1) is 0 Å². The van der Waals surface area contributed by atoms with Gasteiger partial charge in [-0.3, -0.25) is 0 Å². The molecule has 0 radical (unpaired) electrons. The molecule has 1 aliphatic heterocycles. The second-order valence-corrected chi connectivity index (χ2v) is 6.98. The van der Waals surface area contributed by atoms with Gasteiger partial charge in [-0.2, -0.15) is 0 Å². The molecule has 1 rings (SSSR count). The summed E-state index contributed by atoms with van der Waals surface area (Å²) in [7, 11) is 0. The molecule has 0 aromatic carbocycles. The second-order valence-electron chi connectivity index (χ2n) is 6.98. The van der Waals surface area contributed by atoms with Gasteiger partial charge in [-0.1, -0.05) is 51.9 Å². The van der Waals surface area contributed by atoms with Crippen molar-refractivity contribution in [3.05, 3.63) is 0 Å². The van der Waals surface area contributed by atoms with Crippen LogP contribution in [0.5, 0.6) is 0 Å². The van der Waals surface area contributed by atoms with Crippen LogP contribution in [-0.2, 0) is 23.7 Å². The standard InChI is InChI=1S/C21H42O5/c1-2-3-4-5-6-7-8-10-13-22-15-16-23-17-18-24-19-20-26-21-12-9-11-14-25-21/h21H,2-20H2,1H3. The molecular weight excluding hydrogens is 332 g/mol. The van der Waals surface area contributed by atoms with Gasteiger partial charge < -0.3 is 23.7 Å². The van der Waals surface area contributed by atoms with E-state index in [2.05, 4.69) is 6.92 Å². The monoisotopic (exact) mass is 374 g/mol.